The monoisotopic (exact) mass is 336 g/mol. The number of rotatable bonds is 3. The molecule has 128 valence electrons. The van der Waals surface area contributed by atoms with Gasteiger partial charge in [0.05, 0.1) is 28.4 Å². The van der Waals surface area contributed by atoms with Gasteiger partial charge < -0.3 is 10.4 Å². The van der Waals surface area contributed by atoms with Gasteiger partial charge in [-0.1, -0.05) is 18.2 Å². The van der Waals surface area contributed by atoms with Crippen LogP contribution in [0.3, 0.4) is 0 Å². The van der Waals surface area contributed by atoms with Crippen molar-refractivity contribution in [2.24, 2.45) is 5.41 Å². The predicted molar refractivity (Wildman–Crippen MR) is 94.4 cm³/mol. The van der Waals surface area contributed by atoms with Crippen LogP contribution < -0.4 is 10.0 Å². The van der Waals surface area contributed by atoms with E-state index >= 15 is 0 Å². The zero-order valence-corrected chi connectivity index (χ0v) is 15.1. The van der Waals surface area contributed by atoms with Gasteiger partial charge in [-0.2, -0.15) is 0 Å². The quantitative estimate of drug-likeness (QED) is 0.793. The van der Waals surface area contributed by atoms with Gasteiger partial charge in [0.25, 0.3) is 0 Å². The van der Waals surface area contributed by atoms with Gasteiger partial charge in [0.15, 0.2) is 0 Å². The average molecular weight is 337 g/mol. The molecule has 23 heavy (non-hydrogen) atoms. The average Bonchev–Trinajstić information content (AvgIpc) is 2.79. The van der Waals surface area contributed by atoms with Gasteiger partial charge in [-0.15, -0.1) is 0 Å². The van der Waals surface area contributed by atoms with Crippen LogP contribution in [0.4, 0.5) is 0 Å². The molecule has 1 spiro atoms. The topological polar surface area (TPSA) is 61.4 Å². The fraction of sp³-hybridized carbons (Fsp3) is 0.667. The number of benzene rings is 1. The summed E-state index contributed by atoms with van der Waals surface area (Å²) in [5.74, 6) is 0. The SMILES string of the molecule is CC(C)(C)S(=O)N[C@@H]1c2cc(CO)ccc2CC12CCNCC2. The molecule has 2 aliphatic rings. The van der Waals surface area contributed by atoms with Crippen LogP contribution in [0.15, 0.2) is 18.2 Å². The molecule has 1 fully saturated rings. The lowest BCUT2D eigenvalue weighted by Gasteiger charge is -2.40. The largest absolute Gasteiger partial charge is 0.392 e. The molecule has 0 amide bonds. The standard InChI is InChI=1S/C18H28N2O2S/c1-17(2,3)23(22)20-16-15-10-13(12-21)4-5-14(15)11-18(16)6-8-19-9-7-18/h4-5,10,16,19-21H,6-9,11-12H2,1-3H3/t16-,23?/m1/s1. The van der Waals surface area contributed by atoms with Crippen molar-refractivity contribution in [3.8, 4) is 0 Å². The van der Waals surface area contributed by atoms with Gasteiger partial charge in [-0.25, -0.2) is 8.93 Å². The summed E-state index contributed by atoms with van der Waals surface area (Å²) >= 11 is 0. The lowest BCUT2D eigenvalue weighted by Crippen LogP contribution is -2.46. The number of aliphatic hydroxyl groups is 1. The maximum atomic E-state index is 12.7. The van der Waals surface area contributed by atoms with Crippen molar-refractivity contribution >= 4 is 11.0 Å². The molecule has 1 heterocycles. The Balaban J connectivity index is 1.98. The maximum absolute atomic E-state index is 12.7. The summed E-state index contributed by atoms with van der Waals surface area (Å²) in [4.78, 5) is 0. The van der Waals surface area contributed by atoms with Crippen molar-refractivity contribution in [3.63, 3.8) is 0 Å². The number of nitrogens with one attached hydrogen (secondary N) is 2. The number of aliphatic hydroxyl groups excluding tert-OH is 1. The molecule has 1 unspecified atom stereocenters. The molecule has 1 aromatic rings. The van der Waals surface area contributed by atoms with Crippen LogP contribution in [0.2, 0.25) is 0 Å². The normalized spacial score (nSPS) is 24.6. The Bertz CT molecular complexity index is 604. The number of hydrogen-bond acceptors (Lipinski definition) is 3. The van der Waals surface area contributed by atoms with E-state index in [0.717, 1.165) is 37.9 Å². The minimum Gasteiger partial charge on any atom is -0.392 e. The first-order valence-corrected chi connectivity index (χ1v) is 9.62. The molecule has 1 saturated heterocycles. The minimum atomic E-state index is -1.10. The number of fused-ring (bicyclic) bond motifs is 1. The van der Waals surface area contributed by atoms with Gasteiger partial charge in [0.2, 0.25) is 0 Å². The lowest BCUT2D eigenvalue weighted by molar-refractivity contribution is 0.164. The lowest BCUT2D eigenvalue weighted by atomic mass is 9.73. The molecular weight excluding hydrogens is 308 g/mol. The molecule has 4 nitrogen and oxygen atoms in total. The highest BCUT2D eigenvalue weighted by Crippen LogP contribution is 2.51. The molecule has 3 rings (SSSR count). The van der Waals surface area contributed by atoms with Crippen LogP contribution in [-0.2, 0) is 24.0 Å². The van der Waals surface area contributed by atoms with Crippen molar-refractivity contribution in [2.75, 3.05) is 13.1 Å². The van der Waals surface area contributed by atoms with Gasteiger partial charge in [-0.05, 0) is 75.2 Å². The summed E-state index contributed by atoms with van der Waals surface area (Å²) in [6, 6.07) is 6.36. The fourth-order valence-corrected chi connectivity index (χ4v) is 4.79. The zero-order valence-electron chi connectivity index (χ0n) is 14.3. The molecule has 3 N–H and O–H groups in total. The Hall–Kier alpha value is -0.750. The van der Waals surface area contributed by atoms with E-state index in [2.05, 4.69) is 22.2 Å². The molecule has 1 aliphatic heterocycles. The first-order chi connectivity index (χ1) is 10.9. The smallest absolute Gasteiger partial charge is 0.0976 e. The fourth-order valence-electron chi connectivity index (χ4n) is 3.85. The first-order valence-electron chi connectivity index (χ1n) is 8.47. The Morgan fingerprint density at radius 1 is 1.35 bits per heavy atom. The molecule has 0 radical (unpaired) electrons. The van der Waals surface area contributed by atoms with Crippen LogP contribution in [0.1, 0.15) is 56.3 Å². The van der Waals surface area contributed by atoms with Gasteiger partial charge in [0.1, 0.15) is 0 Å². The van der Waals surface area contributed by atoms with Crippen LogP contribution in [-0.4, -0.2) is 27.2 Å². The number of hydrogen-bond donors (Lipinski definition) is 3. The van der Waals surface area contributed by atoms with E-state index in [0.29, 0.717) is 0 Å². The summed E-state index contributed by atoms with van der Waals surface area (Å²) in [5, 5.41) is 12.9. The van der Waals surface area contributed by atoms with Gasteiger partial charge in [-0.3, -0.25) is 0 Å². The van der Waals surface area contributed by atoms with E-state index in [1.165, 1.54) is 11.1 Å². The third-order valence-electron chi connectivity index (χ3n) is 5.24. The third-order valence-corrected chi connectivity index (χ3v) is 6.80. The van der Waals surface area contributed by atoms with Crippen molar-refractivity contribution in [2.45, 2.75) is 57.4 Å². The molecular formula is C18H28N2O2S. The Kier molecular flexibility index (Phi) is 4.67. The van der Waals surface area contributed by atoms with Gasteiger partial charge >= 0.3 is 0 Å². The Morgan fingerprint density at radius 3 is 2.65 bits per heavy atom. The highest BCUT2D eigenvalue weighted by molar-refractivity contribution is 7.84. The highest BCUT2D eigenvalue weighted by Gasteiger charge is 2.47. The Labute approximate surface area is 141 Å². The minimum absolute atomic E-state index is 0.0525. The summed E-state index contributed by atoms with van der Waals surface area (Å²) < 4.78 is 15.9. The van der Waals surface area contributed by atoms with Crippen LogP contribution in [0.5, 0.6) is 0 Å². The molecule has 1 aliphatic carbocycles. The van der Waals surface area contributed by atoms with E-state index in [-0.39, 0.29) is 22.8 Å². The first kappa shape index (κ1) is 17.1. The second-order valence-electron chi connectivity index (χ2n) is 7.91. The number of piperidine rings is 1. The molecule has 0 saturated carbocycles. The molecule has 2 atom stereocenters. The van der Waals surface area contributed by atoms with Crippen LogP contribution in [0, 0.1) is 5.41 Å². The van der Waals surface area contributed by atoms with Crippen molar-refractivity contribution in [1.82, 2.24) is 10.0 Å². The summed E-state index contributed by atoms with van der Waals surface area (Å²) in [7, 11) is -1.10. The van der Waals surface area contributed by atoms with Gasteiger partial charge in [0, 0.05) is 0 Å². The molecule has 5 heteroatoms. The van der Waals surface area contributed by atoms with E-state index in [1.807, 2.05) is 26.8 Å². The second kappa shape index (κ2) is 6.28. The molecule has 1 aromatic carbocycles. The molecule has 0 aromatic heterocycles. The highest BCUT2D eigenvalue weighted by atomic mass is 32.2. The van der Waals surface area contributed by atoms with Crippen LogP contribution in [0.25, 0.3) is 0 Å². The zero-order chi connectivity index (χ0) is 16.7. The molecule has 0 bridgehead atoms. The maximum Gasteiger partial charge on any atom is 0.0976 e. The van der Waals surface area contributed by atoms with Crippen molar-refractivity contribution in [3.05, 3.63) is 34.9 Å². The van der Waals surface area contributed by atoms with E-state index in [9.17, 15) is 9.32 Å². The summed E-state index contributed by atoms with van der Waals surface area (Å²) in [6.45, 7) is 8.10. The van der Waals surface area contributed by atoms with Crippen LogP contribution >= 0.6 is 0 Å². The van der Waals surface area contributed by atoms with Crippen molar-refractivity contribution in [1.29, 1.82) is 0 Å². The summed E-state index contributed by atoms with van der Waals surface area (Å²) in [6.07, 6.45) is 3.22. The van der Waals surface area contributed by atoms with E-state index in [1.54, 1.807) is 0 Å². The van der Waals surface area contributed by atoms with E-state index in [4.69, 9.17) is 0 Å². The van der Waals surface area contributed by atoms with Crippen molar-refractivity contribution < 1.29 is 9.32 Å². The Morgan fingerprint density at radius 2 is 2.04 bits per heavy atom. The second-order valence-corrected chi connectivity index (χ2v) is 9.91. The van der Waals surface area contributed by atoms with E-state index < -0.39 is 11.0 Å². The predicted octanol–water partition coefficient (Wildman–Crippen LogP) is 2.20. The third kappa shape index (κ3) is 3.25. The summed E-state index contributed by atoms with van der Waals surface area (Å²) in [5.41, 5.74) is 3.65.